The number of carbonyl (C=O) groups excluding carboxylic acids is 3. The van der Waals surface area contributed by atoms with Crippen molar-refractivity contribution in [3.63, 3.8) is 0 Å². The van der Waals surface area contributed by atoms with Crippen LogP contribution in [0.1, 0.15) is 33.6 Å². The summed E-state index contributed by atoms with van der Waals surface area (Å²) in [6.45, 7) is 4.62. The summed E-state index contributed by atoms with van der Waals surface area (Å²) in [6.07, 6.45) is 0.862. The van der Waals surface area contributed by atoms with E-state index in [9.17, 15) is 22.8 Å². The van der Waals surface area contributed by atoms with Crippen LogP contribution in [-0.2, 0) is 38.7 Å². The van der Waals surface area contributed by atoms with Gasteiger partial charge in [-0.1, -0.05) is 13.8 Å². The smallest absolute Gasteiger partial charge is 0.351 e. The normalized spacial score (nSPS) is 30.8. The second kappa shape index (κ2) is 5.69. The van der Waals surface area contributed by atoms with Crippen molar-refractivity contribution in [3.8, 4) is 0 Å². The van der Waals surface area contributed by atoms with E-state index in [1.54, 1.807) is 20.8 Å². The Morgan fingerprint density at radius 1 is 1.17 bits per heavy atom. The van der Waals surface area contributed by atoms with Crippen LogP contribution in [0.4, 0.5) is 0 Å². The predicted molar refractivity (Wildman–Crippen MR) is 78.3 cm³/mol. The molecule has 2 bridgehead atoms. The van der Waals surface area contributed by atoms with E-state index in [2.05, 4.69) is 4.74 Å². The van der Waals surface area contributed by atoms with E-state index in [1.165, 1.54) is 0 Å². The fourth-order valence-electron chi connectivity index (χ4n) is 3.30. The lowest BCUT2D eigenvalue weighted by atomic mass is 9.66. The molecule has 2 unspecified atom stereocenters. The lowest BCUT2D eigenvalue weighted by Gasteiger charge is -2.34. The highest BCUT2D eigenvalue weighted by Crippen LogP contribution is 2.65. The van der Waals surface area contributed by atoms with Gasteiger partial charge in [0.05, 0.1) is 5.41 Å². The summed E-state index contributed by atoms with van der Waals surface area (Å²) in [7, 11) is -4.47. The Hall–Kier alpha value is -1.68. The van der Waals surface area contributed by atoms with E-state index in [1.807, 2.05) is 0 Å². The molecular formula is C14H20O9S. The van der Waals surface area contributed by atoms with E-state index in [-0.39, 0.29) is 13.2 Å². The third kappa shape index (κ3) is 2.77. The summed E-state index contributed by atoms with van der Waals surface area (Å²) in [6, 6.07) is 0. The first kappa shape index (κ1) is 18.7. The molecule has 1 N–H and O–H groups in total. The average molecular weight is 364 g/mol. The molecule has 10 heteroatoms. The van der Waals surface area contributed by atoms with Gasteiger partial charge in [0.15, 0.2) is 5.75 Å². The molecule has 2 rings (SSSR count). The van der Waals surface area contributed by atoms with Gasteiger partial charge in [0.1, 0.15) is 13.2 Å². The zero-order chi connectivity index (χ0) is 18.4. The minimum absolute atomic E-state index is 0.317. The molecule has 2 atom stereocenters. The largest absolute Gasteiger partial charge is 0.461 e. The Bertz CT molecular complexity index is 680. The van der Waals surface area contributed by atoms with Crippen LogP contribution in [0.2, 0.25) is 0 Å². The third-order valence-electron chi connectivity index (χ3n) is 5.29. The number of carbonyl (C=O) groups is 3. The number of esters is 3. The first-order valence-corrected chi connectivity index (χ1v) is 8.98. The summed E-state index contributed by atoms with van der Waals surface area (Å²) in [5.41, 5.74) is -2.86. The van der Waals surface area contributed by atoms with Crippen LogP contribution < -0.4 is 0 Å². The number of hydrogen-bond donors (Lipinski definition) is 1. The maximum Gasteiger partial charge on any atom is 0.351 e. The highest BCUT2D eigenvalue weighted by molar-refractivity contribution is 7.86. The Kier molecular flexibility index (Phi) is 4.43. The van der Waals surface area contributed by atoms with Crippen LogP contribution in [0.15, 0.2) is 0 Å². The summed E-state index contributed by atoms with van der Waals surface area (Å²) in [5.74, 6) is -3.48. The Labute approximate surface area is 139 Å². The number of rotatable bonds is 6. The van der Waals surface area contributed by atoms with Crippen LogP contribution >= 0.6 is 0 Å². The molecule has 0 aromatic heterocycles. The van der Waals surface area contributed by atoms with E-state index >= 15 is 0 Å². The molecular weight excluding hydrogens is 344 g/mol. The quantitative estimate of drug-likeness (QED) is 0.301. The molecule has 1 aliphatic carbocycles. The Balaban J connectivity index is 1.90. The van der Waals surface area contributed by atoms with Crippen molar-refractivity contribution in [3.05, 3.63) is 0 Å². The zero-order valence-corrected chi connectivity index (χ0v) is 14.5. The molecule has 0 aromatic rings. The maximum atomic E-state index is 12.4. The van der Waals surface area contributed by atoms with Gasteiger partial charge >= 0.3 is 17.9 Å². The van der Waals surface area contributed by atoms with Gasteiger partial charge in [-0.3, -0.25) is 14.1 Å². The zero-order valence-electron chi connectivity index (χ0n) is 13.7. The Morgan fingerprint density at radius 2 is 1.75 bits per heavy atom. The minimum Gasteiger partial charge on any atom is -0.461 e. The van der Waals surface area contributed by atoms with Gasteiger partial charge in [-0.05, 0) is 19.8 Å². The molecule has 0 amide bonds. The van der Waals surface area contributed by atoms with Gasteiger partial charge in [-0.15, -0.1) is 0 Å². The first-order valence-electron chi connectivity index (χ1n) is 7.37. The molecule has 0 radical (unpaired) electrons. The summed E-state index contributed by atoms with van der Waals surface area (Å²) >= 11 is 0. The summed E-state index contributed by atoms with van der Waals surface area (Å²) in [5, 5.41) is 0. The summed E-state index contributed by atoms with van der Waals surface area (Å²) < 4.78 is 44.4. The fourth-order valence-corrected chi connectivity index (χ4v) is 3.68. The first-order chi connectivity index (χ1) is 10.9. The molecule has 9 nitrogen and oxygen atoms in total. The van der Waals surface area contributed by atoms with Gasteiger partial charge in [0.25, 0.3) is 10.1 Å². The second-order valence-corrected chi connectivity index (χ2v) is 8.21. The molecule has 2 fully saturated rings. The molecule has 1 heterocycles. The highest BCUT2D eigenvalue weighted by atomic mass is 32.2. The van der Waals surface area contributed by atoms with Gasteiger partial charge in [-0.25, -0.2) is 4.79 Å². The molecule has 136 valence electrons. The van der Waals surface area contributed by atoms with Crippen LogP contribution in [0.3, 0.4) is 0 Å². The minimum atomic E-state index is -4.47. The molecule has 1 saturated carbocycles. The molecule has 2 aliphatic rings. The van der Waals surface area contributed by atoms with Crippen LogP contribution in [-0.4, -0.2) is 55.4 Å². The standard InChI is InChI=1S/C14H20O9S/c1-12(2)13(3)4-5-14(12,23-10(13)16)11(17)22-7-6-21-9(15)8-24(18,19)20/h4-8H2,1-3H3,(H,18,19,20). The Morgan fingerprint density at radius 3 is 2.21 bits per heavy atom. The van der Waals surface area contributed by atoms with Crippen molar-refractivity contribution >= 4 is 28.0 Å². The third-order valence-corrected chi connectivity index (χ3v) is 5.89. The molecule has 24 heavy (non-hydrogen) atoms. The number of ether oxygens (including phenoxy) is 3. The molecule has 1 saturated heterocycles. The van der Waals surface area contributed by atoms with E-state index in [4.69, 9.17) is 14.0 Å². The number of hydrogen-bond acceptors (Lipinski definition) is 8. The van der Waals surface area contributed by atoms with E-state index in [0.717, 1.165) is 0 Å². The van der Waals surface area contributed by atoms with Gasteiger partial charge in [0.2, 0.25) is 5.60 Å². The molecule has 0 spiro atoms. The average Bonchev–Trinajstić information content (AvgIpc) is 2.72. The van der Waals surface area contributed by atoms with Crippen molar-refractivity contribution in [2.24, 2.45) is 10.8 Å². The lowest BCUT2D eigenvalue weighted by Crippen LogP contribution is -2.49. The van der Waals surface area contributed by atoms with Crippen LogP contribution in [0, 0.1) is 10.8 Å². The molecule has 1 aliphatic heterocycles. The van der Waals surface area contributed by atoms with Crippen LogP contribution in [0.25, 0.3) is 0 Å². The van der Waals surface area contributed by atoms with Crippen molar-refractivity contribution in [1.29, 1.82) is 0 Å². The fraction of sp³-hybridized carbons (Fsp3) is 0.786. The van der Waals surface area contributed by atoms with E-state index in [0.29, 0.717) is 12.8 Å². The predicted octanol–water partition coefficient (Wildman–Crippen LogP) is 0.0825. The van der Waals surface area contributed by atoms with Gasteiger partial charge < -0.3 is 14.2 Å². The second-order valence-electron chi connectivity index (χ2n) is 6.76. The monoisotopic (exact) mass is 364 g/mol. The number of fused-ring (bicyclic) bond motifs is 2. The topological polar surface area (TPSA) is 133 Å². The summed E-state index contributed by atoms with van der Waals surface area (Å²) in [4.78, 5) is 35.6. The maximum absolute atomic E-state index is 12.4. The SMILES string of the molecule is CC12CCC(C(=O)OCCOC(=O)CS(=O)(=O)O)(OC1=O)C2(C)C. The van der Waals surface area contributed by atoms with Crippen molar-refractivity contribution in [2.75, 3.05) is 19.0 Å². The van der Waals surface area contributed by atoms with Crippen molar-refractivity contribution in [2.45, 2.75) is 39.2 Å². The van der Waals surface area contributed by atoms with E-state index < -0.39 is 50.2 Å². The van der Waals surface area contributed by atoms with Crippen LogP contribution in [0.5, 0.6) is 0 Å². The van der Waals surface area contributed by atoms with Crippen molar-refractivity contribution < 1.29 is 41.6 Å². The van der Waals surface area contributed by atoms with Gasteiger partial charge in [0, 0.05) is 5.41 Å². The van der Waals surface area contributed by atoms with Gasteiger partial charge in [-0.2, -0.15) is 8.42 Å². The highest BCUT2D eigenvalue weighted by Gasteiger charge is 2.76. The lowest BCUT2D eigenvalue weighted by molar-refractivity contribution is -0.184. The molecule has 0 aromatic carbocycles. The van der Waals surface area contributed by atoms with Crippen molar-refractivity contribution in [1.82, 2.24) is 0 Å².